The Labute approximate surface area is 84.3 Å². The van der Waals surface area contributed by atoms with E-state index in [0.29, 0.717) is 0 Å². The number of hydrogen-bond donors (Lipinski definition) is 0. The summed E-state index contributed by atoms with van der Waals surface area (Å²) < 4.78 is 0. The van der Waals surface area contributed by atoms with Crippen LogP contribution in [0.2, 0.25) is 12.6 Å². The van der Waals surface area contributed by atoms with Crippen molar-refractivity contribution < 1.29 is 32.7 Å². The molecule has 0 unspecified atom stereocenters. The van der Waals surface area contributed by atoms with Crippen LogP contribution < -0.4 is 0 Å². The van der Waals surface area contributed by atoms with Crippen LogP contribution in [0, 0.1) is 0 Å². The Balaban J connectivity index is 0.000000640. The Morgan fingerprint density at radius 3 is 2.00 bits per heavy atom. The maximum atomic E-state index is 2.36. The first-order valence-electron chi connectivity index (χ1n) is 3.73. The molecule has 0 aromatic rings. The zero-order valence-electron chi connectivity index (χ0n) is 6.27. The molecule has 48 valence electrons. The Hall–Kier alpha value is 1.17. The van der Waals surface area contributed by atoms with Gasteiger partial charge in [-0.15, -0.1) is 0 Å². The molecule has 1 rings (SSSR count). The van der Waals surface area contributed by atoms with Crippen molar-refractivity contribution in [1.82, 2.24) is 0 Å². The van der Waals surface area contributed by atoms with Crippen molar-refractivity contribution in [3.8, 4) is 0 Å². The summed E-state index contributed by atoms with van der Waals surface area (Å²) in [5, 5.41) is 0. The SMILES string of the molecule is C[B]C1CCCCC1.[Y]. The minimum Gasteiger partial charge on any atom is -0.0917 e. The van der Waals surface area contributed by atoms with Gasteiger partial charge in [-0.2, -0.15) is 0 Å². The first-order chi connectivity index (χ1) is 3.93. The Morgan fingerprint density at radius 1 is 1.11 bits per heavy atom. The van der Waals surface area contributed by atoms with Gasteiger partial charge in [0.05, 0.1) is 0 Å². The van der Waals surface area contributed by atoms with E-state index in [2.05, 4.69) is 14.1 Å². The molecular weight excluding hydrogens is 184 g/mol. The molecule has 0 N–H and O–H groups in total. The van der Waals surface area contributed by atoms with Gasteiger partial charge in [0.2, 0.25) is 0 Å². The van der Waals surface area contributed by atoms with Gasteiger partial charge in [-0.25, -0.2) is 0 Å². The molecule has 2 radical (unpaired) electrons. The second kappa shape index (κ2) is 5.92. The predicted octanol–water partition coefficient (Wildman–Crippen LogP) is 2.49. The summed E-state index contributed by atoms with van der Waals surface area (Å²) >= 11 is 0. The summed E-state index contributed by atoms with van der Waals surface area (Å²) in [7, 11) is 2.36. The molecule has 9 heavy (non-hydrogen) atoms. The molecule has 0 aliphatic heterocycles. The van der Waals surface area contributed by atoms with Gasteiger partial charge in [-0.05, 0) is 0 Å². The van der Waals surface area contributed by atoms with E-state index in [1.165, 1.54) is 32.1 Å². The molecule has 1 saturated carbocycles. The van der Waals surface area contributed by atoms with E-state index in [-0.39, 0.29) is 32.7 Å². The van der Waals surface area contributed by atoms with Gasteiger partial charge in [0, 0.05) is 32.7 Å². The first kappa shape index (κ1) is 10.2. The van der Waals surface area contributed by atoms with Crippen LogP contribution in [0.15, 0.2) is 0 Å². The topological polar surface area (TPSA) is 0 Å². The molecule has 0 aromatic carbocycles. The van der Waals surface area contributed by atoms with E-state index in [1.54, 1.807) is 0 Å². The third-order valence-electron chi connectivity index (χ3n) is 2.12. The minimum atomic E-state index is 0. The van der Waals surface area contributed by atoms with Crippen LogP contribution in [0.25, 0.3) is 0 Å². The van der Waals surface area contributed by atoms with E-state index in [4.69, 9.17) is 0 Å². The summed E-state index contributed by atoms with van der Waals surface area (Å²) in [6.07, 6.45) is 7.32. The smallest absolute Gasteiger partial charge is 0.0917 e. The number of rotatable bonds is 1. The molecule has 2 heteroatoms. The van der Waals surface area contributed by atoms with Gasteiger partial charge in [-0.1, -0.05) is 44.7 Å². The van der Waals surface area contributed by atoms with Gasteiger partial charge in [0.1, 0.15) is 7.28 Å². The summed E-state index contributed by atoms with van der Waals surface area (Å²) in [4.78, 5) is 0. The molecule has 0 atom stereocenters. The Bertz CT molecular complexity index is 59.9. The van der Waals surface area contributed by atoms with Gasteiger partial charge in [0.25, 0.3) is 0 Å². The maximum absolute atomic E-state index is 2.36. The van der Waals surface area contributed by atoms with Crippen molar-refractivity contribution in [2.45, 2.75) is 44.7 Å². The quantitative estimate of drug-likeness (QED) is 0.567. The zero-order valence-corrected chi connectivity index (χ0v) is 9.11. The first-order valence-corrected chi connectivity index (χ1v) is 3.73. The Kier molecular flexibility index (Phi) is 6.69. The van der Waals surface area contributed by atoms with E-state index < -0.39 is 0 Å². The molecule has 1 aliphatic rings. The van der Waals surface area contributed by atoms with Crippen LogP contribution in [0.5, 0.6) is 0 Å². The largest absolute Gasteiger partial charge is 0.110 e. The zero-order chi connectivity index (χ0) is 5.82. The summed E-state index contributed by atoms with van der Waals surface area (Å²) in [6, 6.07) is 0. The molecule has 0 spiro atoms. The van der Waals surface area contributed by atoms with Crippen molar-refractivity contribution in [2.75, 3.05) is 0 Å². The van der Waals surface area contributed by atoms with Crippen molar-refractivity contribution in [1.29, 1.82) is 0 Å². The van der Waals surface area contributed by atoms with Crippen LogP contribution in [0.3, 0.4) is 0 Å². The fourth-order valence-electron chi connectivity index (χ4n) is 1.47. The van der Waals surface area contributed by atoms with Gasteiger partial charge < -0.3 is 0 Å². The monoisotopic (exact) mass is 198 g/mol. The van der Waals surface area contributed by atoms with Crippen molar-refractivity contribution in [2.24, 2.45) is 0 Å². The molecule has 1 aliphatic carbocycles. The third kappa shape index (κ3) is 3.78. The fourth-order valence-corrected chi connectivity index (χ4v) is 1.47. The molecule has 0 bridgehead atoms. The predicted molar refractivity (Wildman–Crippen MR) is 38.5 cm³/mol. The minimum absolute atomic E-state index is 0. The fraction of sp³-hybridized carbons (Fsp3) is 1.00. The van der Waals surface area contributed by atoms with Crippen LogP contribution in [-0.2, 0) is 32.7 Å². The van der Waals surface area contributed by atoms with Crippen molar-refractivity contribution >= 4 is 7.28 Å². The van der Waals surface area contributed by atoms with Crippen LogP contribution >= 0.6 is 0 Å². The van der Waals surface area contributed by atoms with Crippen molar-refractivity contribution in [3.63, 3.8) is 0 Å². The van der Waals surface area contributed by atoms with Gasteiger partial charge >= 0.3 is 0 Å². The average molecular weight is 198 g/mol. The van der Waals surface area contributed by atoms with Crippen LogP contribution in [0.1, 0.15) is 32.1 Å². The molecule has 0 amide bonds. The maximum Gasteiger partial charge on any atom is 0.110 e. The van der Waals surface area contributed by atoms with E-state index in [0.717, 1.165) is 5.82 Å². The number of hydrogen-bond acceptors (Lipinski definition) is 0. The van der Waals surface area contributed by atoms with E-state index in [9.17, 15) is 0 Å². The second-order valence-electron chi connectivity index (χ2n) is 2.73. The van der Waals surface area contributed by atoms with Gasteiger partial charge in [0.15, 0.2) is 0 Å². The van der Waals surface area contributed by atoms with E-state index >= 15 is 0 Å². The molecule has 0 saturated heterocycles. The van der Waals surface area contributed by atoms with Crippen LogP contribution in [0.4, 0.5) is 0 Å². The summed E-state index contributed by atoms with van der Waals surface area (Å²) in [5.41, 5.74) is 0. The standard InChI is InChI=1S/C7H14B.Y/c1-8-7-5-3-2-4-6-7;/h7H,2-6H2,1H3;. The molecule has 0 aromatic heterocycles. The van der Waals surface area contributed by atoms with Gasteiger partial charge in [-0.3, -0.25) is 0 Å². The summed E-state index contributed by atoms with van der Waals surface area (Å²) in [5.74, 6) is 0.962. The third-order valence-corrected chi connectivity index (χ3v) is 2.12. The van der Waals surface area contributed by atoms with Crippen molar-refractivity contribution in [3.05, 3.63) is 0 Å². The second-order valence-corrected chi connectivity index (χ2v) is 2.73. The molecule has 1 fully saturated rings. The molecular formula is C7H14BY. The normalized spacial score (nSPS) is 20.6. The van der Waals surface area contributed by atoms with E-state index in [1.807, 2.05) is 0 Å². The Morgan fingerprint density at radius 2 is 1.67 bits per heavy atom. The molecule has 0 nitrogen and oxygen atoms in total. The molecule has 0 heterocycles. The average Bonchev–Trinajstić information content (AvgIpc) is 1.90. The summed E-state index contributed by atoms with van der Waals surface area (Å²) in [6.45, 7) is 2.19. The van der Waals surface area contributed by atoms with Crippen LogP contribution in [-0.4, -0.2) is 7.28 Å².